The number of nitrogens with zero attached hydrogens (tertiary/aromatic N) is 3. The molecule has 5 nitrogen and oxygen atoms in total. The molecule has 0 radical (unpaired) electrons. The number of amides is 2. The van der Waals surface area contributed by atoms with Crippen LogP contribution in [0.3, 0.4) is 0 Å². The Hall–Kier alpha value is -3.08. The number of hydrogen-bond acceptors (Lipinski definition) is 3. The third kappa shape index (κ3) is 4.26. The van der Waals surface area contributed by atoms with Gasteiger partial charge in [0.1, 0.15) is 0 Å². The van der Waals surface area contributed by atoms with Crippen LogP contribution in [0.15, 0.2) is 42.7 Å². The number of carbonyl (C=O) groups excluding carboxylic acids is 1. The lowest BCUT2D eigenvalue weighted by molar-refractivity contribution is -0.137. The van der Waals surface area contributed by atoms with Crippen molar-refractivity contribution in [3.63, 3.8) is 0 Å². The molecule has 0 spiro atoms. The van der Waals surface area contributed by atoms with Crippen LogP contribution >= 0.6 is 0 Å². The average Bonchev–Trinajstić information content (AvgIpc) is 2.60. The molecule has 130 valence electrons. The van der Waals surface area contributed by atoms with E-state index in [1.54, 1.807) is 31.5 Å². The van der Waals surface area contributed by atoms with Crippen molar-refractivity contribution in [1.82, 2.24) is 9.88 Å². The largest absolute Gasteiger partial charge is 0.417 e. The molecule has 2 aromatic rings. The lowest BCUT2D eigenvalue weighted by atomic mass is 10.1. The molecule has 0 aliphatic heterocycles. The van der Waals surface area contributed by atoms with Crippen LogP contribution in [0.4, 0.5) is 23.7 Å². The minimum Gasteiger partial charge on any atom is -0.321 e. The van der Waals surface area contributed by atoms with Crippen molar-refractivity contribution in [1.29, 1.82) is 5.26 Å². The van der Waals surface area contributed by atoms with Gasteiger partial charge in [0, 0.05) is 25.1 Å². The monoisotopic (exact) mass is 348 g/mol. The van der Waals surface area contributed by atoms with E-state index in [2.05, 4.69) is 10.3 Å². The van der Waals surface area contributed by atoms with E-state index in [4.69, 9.17) is 5.26 Å². The summed E-state index contributed by atoms with van der Waals surface area (Å²) >= 11 is 0. The molecule has 25 heavy (non-hydrogen) atoms. The fourth-order valence-electron chi connectivity index (χ4n) is 2.19. The molecular weight excluding hydrogens is 333 g/mol. The molecule has 0 aliphatic rings. The normalized spacial score (nSPS) is 12.2. The lowest BCUT2D eigenvalue weighted by Gasteiger charge is -2.25. The number of rotatable bonds is 3. The molecule has 1 atom stereocenters. The van der Waals surface area contributed by atoms with E-state index in [-0.39, 0.29) is 11.7 Å². The molecule has 1 aromatic carbocycles. The number of hydrogen-bond donors (Lipinski definition) is 1. The average molecular weight is 348 g/mol. The molecule has 2 amide bonds. The quantitative estimate of drug-likeness (QED) is 0.904. The predicted molar refractivity (Wildman–Crippen MR) is 85.6 cm³/mol. The van der Waals surface area contributed by atoms with Crippen LogP contribution in [0.1, 0.15) is 29.7 Å². The lowest BCUT2D eigenvalue weighted by Crippen LogP contribution is -2.33. The minimum atomic E-state index is -4.68. The second-order valence-corrected chi connectivity index (χ2v) is 5.37. The summed E-state index contributed by atoms with van der Waals surface area (Å²) in [6.07, 6.45) is -1.47. The highest BCUT2D eigenvalue weighted by atomic mass is 19.4. The Bertz CT molecular complexity index is 800. The fourth-order valence-corrected chi connectivity index (χ4v) is 2.19. The molecule has 1 heterocycles. The van der Waals surface area contributed by atoms with E-state index in [1.165, 1.54) is 24.1 Å². The number of nitriles is 1. The third-order valence-corrected chi connectivity index (χ3v) is 3.76. The first kappa shape index (κ1) is 18.3. The summed E-state index contributed by atoms with van der Waals surface area (Å²) in [5.41, 5.74) is -0.837. The first-order chi connectivity index (χ1) is 11.7. The fraction of sp³-hybridized carbons (Fsp3) is 0.235. The van der Waals surface area contributed by atoms with E-state index < -0.39 is 23.3 Å². The van der Waals surface area contributed by atoms with Crippen LogP contribution in [-0.4, -0.2) is 23.0 Å². The van der Waals surface area contributed by atoms with E-state index in [1.807, 2.05) is 0 Å². The maximum atomic E-state index is 13.0. The van der Waals surface area contributed by atoms with Gasteiger partial charge >= 0.3 is 12.2 Å². The van der Waals surface area contributed by atoms with Gasteiger partial charge in [-0.05, 0) is 36.8 Å². The van der Waals surface area contributed by atoms with Crippen LogP contribution in [-0.2, 0) is 6.18 Å². The Morgan fingerprint density at radius 1 is 1.36 bits per heavy atom. The van der Waals surface area contributed by atoms with Gasteiger partial charge in [-0.3, -0.25) is 4.98 Å². The molecule has 0 unspecified atom stereocenters. The number of nitrogens with one attached hydrogen (secondary N) is 1. The van der Waals surface area contributed by atoms with E-state index in [0.717, 1.165) is 17.7 Å². The van der Waals surface area contributed by atoms with E-state index in [0.29, 0.717) is 0 Å². The molecular formula is C17H15F3N4O. The predicted octanol–water partition coefficient (Wildman–Crippen LogP) is 4.20. The van der Waals surface area contributed by atoms with Gasteiger partial charge in [0.25, 0.3) is 0 Å². The van der Waals surface area contributed by atoms with Crippen molar-refractivity contribution in [2.45, 2.75) is 19.1 Å². The van der Waals surface area contributed by atoms with E-state index in [9.17, 15) is 18.0 Å². The summed E-state index contributed by atoms with van der Waals surface area (Å²) in [4.78, 5) is 17.6. The number of pyridine rings is 1. The number of anilines is 1. The zero-order valence-electron chi connectivity index (χ0n) is 13.5. The van der Waals surface area contributed by atoms with Crippen molar-refractivity contribution in [3.05, 3.63) is 59.4 Å². The van der Waals surface area contributed by atoms with Gasteiger partial charge in [0.15, 0.2) is 0 Å². The first-order valence-corrected chi connectivity index (χ1v) is 7.29. The number of halogens is 3. The Morgan fingerprint density at radius 3 is 2.64 bits per heavy atom. The second-order valence-electron chi connectivity index (χ2n) is 5.37. The standard InChI is InChI=1S/C17H15F3N4O/c1-11(13-4-3-7-22-10-13)24(2)16(25)23-14-6-5-12(9-21)15(8-14)17(18,19)20/h3-8,10-11H,1-2H3,(H,23,25)/t11-/m0/s1. The van der Waals surface area contributed by atoms with Gasteiger partial charge in [0.05, 0.1) is 23.2 Å². The first-order valence-electron chi connectivity index (χ1n) is 7.29. The van der Waals surface area contributed by atoms with Gasteiger partial charge in [0.2, 0.25) is 0 Å². The number of alkyl halides is 3. The smallest absolute Gasteiger partial charge is 0.321 e. The molecule has 0 saturated carbocycles. The van der Waals surface area contributed by atoms with Crippen LogP contribution in [0.5, 0.6) is 0 Å². The highest BCUT2D eigenvalue weighted by Gasteiger charge is 2.34. The van der Waals surface area contributed by atoms with Gasteiger partial charge in [-0.1, -0.05) is 6.07 Å². The number of aromatic nitrogens is 1. The van der Waals surface area contributed by atoms with Crippen molar-refractivity contribution in [3.8, 4) is 6.07 Å². The molecule has 2 rings (SSSR count). The molecule has 1 aromatic heterocycles. The topological polar surface area (TPSA) is 69.0 Å². The Kier molecular flexibility index (Phi) is 5.27. The second kappa shape index (κ2) is 7.21. The van der Waals surface area contributed by atoms with Crippen LogP contribution in [0.2, 0.25) is 0 Å². The van der Waals surface area contributed by atoms with Crippen molar-refractivity contribution in [2.75, 3.05) is 12.4 Å². The van der Waals surface area contributed by atoms with Gasteiger partial charge < -0.3 is 10.2 Å². The number of benzene rings is 1. The highest BCUT2D eigenvalue weighted by Crippen LogP contribution is 2.33. The van der Waals surface area contributed by atoms with Crippen LogP contribution in [0, 0.1) is 11.3 Å². The summed E-state index contributed by atoms with van der Waals surface area (Å²) < 4.78 is 38.9. The van der Waals surface area contributed by atoms with Gasteiger partial charge in [-0.2, -0.15) is 18.4 Å². The summed E-state index contributed by atoms with van der Waals surface area (Å²) in [7, 11) is 1.53. The Labute approximate surface area is 142 Å². The number of urea groups is 1. The maximum Gasteiger partial charge on any atom is 0.417 e. The zero-order chi connectivity index (χ0) is 18.6. The van der Waals surface area contributed by atoms with Crippen LogP contribution < -0.4 is 5.32 Å². The molecule has 1 N–H and O–H groups in total. The Morgan fingerprint density at radius 2 is 2.08 bits per heavy atom. The maximum absolute atomic E-state index is 13.0. The van der Waals surface area contributed by atoms with Crippen molar-refractivity contribution >= 4 is 11.7 Å². The Balaban J connectivity index is 2.19. The molecule has 0 bridgehead atoms. The molecule has 0 saturated heterocycles. The summed E-state index contributed by atoms with van der Waals surface area (Å²) in [5, 5.41) is 11.2. The summed E-state index contributed by atoms with van der Waals surface area (Å²) in [6, 6.07) is 7.16. The zero-order valence-corrected chi connectivity index (χ0v) is 13.5. The molecule has 8 heteroatoms. The summed E-state index contributed by atoms with van der Waals surface area (Å²) in [5.74, 6) is 0. The van der Waals surface area contributed by atoms with Gasteiger partial charge in [-0.25, -0.2) is 4.79 Å². The number of carbonyl (C=O) groups is 1. The van der Waals surface area contributed by atoms with Gasteiger partial charge in [-0.15, -0.1) is 0 Å². The highest BCUT2D eigenvalue weighted by molar-refractivity contribution is 5.89. The van der Waals surface area contributed by atoms with Crippen molar-refractivity contribution in [2.24, 2.45) is 0 Å². The molecule has 0 aliphatic carbocycles. The SMILES string of the molecule is C[C@@H](c1cccnc1)N(C)C(=O)Nc1ccc(C#N)c(C(F)(F)F)c1. The van der Waals surface area contributed by atoms with Crippen molar-refractivity contribution < 1.29 is 18.0 Å². The minimum absolute atomic E-state index is 0.0402. The van der Waals surface area contributed by atoms with E-state index >= 15 is 0 Å². The third-order valence-electron chi connectivity index (χ3n) is 3.76. The summed E-state index contributed by atoms with van der Waals surface area (Å²) in [6.45, 7) is 1.77. The van der Waals surface area contributed by atoms with Crippen LogP contribution in [0.25, 0.3) is 0 Å². The molecule has 0 fully saturated rings.